The van der Waals surface area contributed by atoms with E-state index in [1.165, 1.54) is 19.3 Å². The standard InChI is InChI=1S/C10H22O/c1-4-5-6-7-8-9(2)10(3)11/h9-11H,4-8H2,1-3H3/t9-,10-/m0/s1/i9D. The van der Waals surface area contributed by atoms with Crippen LogP contribution in [0, 0.1) is 5.89 Å². The average Bonchev–Trinajstić information content (AvgIpc) is 1.98. The van der Waals surface area contributed by atoms with Gasteiger partial charge in [-0.2, -0.15) is 0 Å². The van der Waals surface area contributed by atoms with Crippen molar-refractivity contribution in [1.82, 2.24) is 0 Å². The van der Waals surface area contributed by atoms with Crippen LogP contribution in [-0.4, -0.2) is 11.2 Å². The van der Waals surface area contributed by atoms with E-state index in [1.807, 2.05) is 6.92 Å². The van der Waals surface area contributed by atoms with Gasteiger partial charge in [0.15, 0.2) is 0 Å². The summed E-state index contributed by atoms with van der Waals surface area (Å²) in [5.41, 5.74) is 0. The molecule has 68 valence electrons. The van der Waals surface area contributed by atoms with Crippen molar-refractivity contribution in [3.05, 3.63) is 0 Å². The molecule has 0 aromatic heterocycles. The van der Waals surface area contributed by atoms with Crippen molar-refractivity contribution in [3.8, 4) is 0 Å². The molecule has 0 radical (unpaired) electrons. The Morgan fingerprint density at radius 1 is 1.27 bits per heavy atom. The van der Waals surface area contributed by atoms with Gasteiger partial charge < -0.3 is 5.11 Å². The Kier molecular flexibility index (Phi) is 5.48. The van der Waals surface area contributed by atoms with E-state index in [4.69, 9.17) is 1.37 Å². The molecular weight excluding hydrogens is 136 g/mol. The lowest BCUT2D eigenvalue weighted by Crippen LogP contribution is -2.12. The molecule has 1 N–H and O–H groups in total. The minimum Gasteiger partial charge on any atom is -0.393 e. The molecule has 0 fully saturated rings. The van der Waals surface area contributed by atoms with Gasteiger partial charge in [-0.1, -0.05) is 39.5 Å². The molecule has 1 nitrogen and oxygen atoms in total. The molecule has 0 aliphatic heterocycles. The molecule has 0 heterocycles. The highest BCUT2D eigenvalue weighted by molar-refractivity contribution is 4.58. The molecule has 0 aliphatic carbocycles. The Hall–Kier alpha value is -0.0400. The highest BCUT2D eigenvalue weighted by atomic mass is 16.3. The average molecular weight is 159 g/mol. The van der Waals surface area contributed by atoms with Crippen molar-refractivity contribution in [2.24, 2.45) is 5.89 Å². The van der Waals surface area contributed by atoms with Gasteiger partial charge >= 0.3 is 0 Å². The first kappa shape index (κ1) is 9.05. The summed E-state index contributed by atoms with van der Waals surface area (Å²) in [4.78, 5) is 0. The number of hydrogen-bond donors (Lipinski definition) is 1. The second kappa shape index (κ2) is 6.66. The van der Waals surface area contributed by atoms with E-state index < -0.39 is 12.0 Å². The first-order valence-electron chi connectivity index (χ1n) is 5.18. The fraction of sp³-hybridized carbons (Fsp3) is 1.00. The Morgan fingerprint density at radius 3 is 2.36 bits per heavy atom. The SMILES string of the molecule is [2H][C@](C)(CCCCCC)[C@H](C)O. The third-order valence-corrected chi connectivity index (χ3v) is 2.14. The van der Waals surface area contributed by atoms with Crippen molar-refractivity contribution >= 4 is 0 Å². The van der Waals surface area contributed by atoms with Crippen LogP contribution in [0.3, 0.4) is 0 Å². The van der Waals surface area contributed by atoms with Gasteiger partial charge in [0.05, 0.1) is 6.10 Å². The summed E-state index contributed by atoms with van der Waals surface area (Å²) < 4.78 is 7.77. The molecule has 0 aromatic rings. The number of hydrogen-bond acceptors (Lipinski definition) is 1. The second-order valence-electron chi connectivity index (χ2n) is 3.33. The molecule has 0 rings (SSSR count). The predicted molar refractivity (Wildman–Crippen MR) is 49.6 cm³/mol. The highest BCUT2D eigenvalue weighted by Crippen LogP contribution is 2.13. The molecule has 1 heteroatoms. The molecule has 0 unspecified atom stereocenters. The smallest absolute Gasteiger partial charge is 0.0537 e. The van der Waals surface area contributed by atoms with Gasteiger partial charge in [-0.3, -0.25) is 0 Å². The Morgan fingerprint density at radius 2 is 1.91 bits per heavy atom. The number of aliphatic hydroxyl groups is 1. The summed E-state index contributed by atoms with van der Waals surface area (Å²) in [6.45, 7) is 5.69. The van der Waals surface area contributed by atoms with Gasteiger partial charge in [0.1, 0.15) is 0 Å². The summed E-state index contributed by atoms with van der Waals surface area (Å²) >= 11 is 0. The topological polar surface area (TPSA) is 20.2 Å². The molecular formula is C10H22O. The van der Waals surface area contributed by atoms with Crippen molar-refractivity contribution in [2.75, 3.05) is 0 Å². The lowest BCUT2D eigenvalue weighted by Gasteiger charge is -2.13. The fourth-order valence-corrected chi connectivity index (χ4v) is 1.04. The molecule has 0 amide bonds. The Bertz CT molecular complexity index is 110. The lowest BCUT2D eigenvalue weighted by molar-refractivity contribution is 0.128. The summed E-state index contributed by atoms with van der Waals surface area (Å²) in [7, 11) is 0. The van der Waals surface area contributed by atoms with Crippen molar-refractivity contribution in [3.63, 3.8) is 0 Å². The molecule has 0 saturated carbocycles. The quantitative estimate of drug-likeness (QED) is 0.591. The van der Waals surface area contributed by atoms with Crippen LogP contribution in [0.2, 0.25) is 0 Å². The van der Waals surface area contributed by atoms with Crippen LogP contribution < -0.4 is 0 Å². The molecule has 0 bridgehead atoms. The van der Waals surface area contributed by atoms with Crippen molar-refractivity contribution < 1.29 is 6.48 Å². The van der Waals surface area contributed by atoms with Crippen LogP contribution in [0.1, 0.15) is 54.2 Å². The summed E-state index contributed by atoms with van der Waals surface area (Å²) in [6, 6.07) is 0. The summed E-state index contributed by atoms with van der Waals surface area (Å²) in [5.74, 6) is -0.645. The third-order valence-electron chi connectivity index (χ3n) is 2.14. The molecule has 0 aromatic carbocycles. The maximum absolute atomic E-state index is 9.25. The van der Waals surface area contributed by atoms with Gasteiger partial charge in [-0.15, -0.1) is 0 Å². The van der Waals surface area contributed by atoms with Crippen molar-refractivity contribution in [2.45, 2.75) is 59.0 Å². The van der Waals surface area contributed by atoms with E-state index in [9.17, 15) is 5.11 Å². The van der Waals surface area contributed by atoms with E-state index in [0.717, 1.165) is 12.8 Å². The fourth-order valence-electron chi connectivity index (χ4n) is 1.04. The Labute approximate surface area is 72.2 Å². The number of unbranched alkanes of at least 4 members (excludes halogenated alkanes) is 3. The van der Waals surface area contributed by atoms with E-state index in [2.05, 4.69) is 6.92 Å². The van der Waals surface area contributed by atoms with Crippen LogP contribution in [0.25, 0.3) is 0 Å². The maximum Gasteiger partial charge on any atom is 0.0537 e. The van der Waals surface area contributed by atoms with Gasteiger partial charge in [-0.05, 0) is 19.2 Å². The minimum absolute atomic E-state index is 0.515. The van der Waals surface area contributed by atoms with E-state index >= 15 is 0 Å². The maximum atomic E-state index is 9.25. The van der Waals surface area contributed by atoms with E-state index in [-0.39, 0.29) is 0 Å². The normalized spacial score (nSPS) is 20.5. The minimum atomic E-state index is -0.645. The number of rotatable bonds is 6. The van der Waals surface area contributed by atoms with Gasteiger partial charge in [0.25, 0.3) is 0 Å². The van der Waals surface area contributed by atoms with Gasteiger partial charge in [-0.25, -0.2) is 0 Å². The Balaban J connectivity index is 3.47. The number of aliphatic hydroxyl groups excluding tert-OH is 1. The summed E-state index contributed by atoms with van der Waals surface area (Å²) in [6.07, 6.45) is 5.03. The first-order chi connectivity index (χ1) is 5.50. The van der Waals surface area contributed by atoms with Crippen molar-refractivity contribution in [1.29, 1.82) is 0 Å². The zero-order valence-electron chi connectivity index (χ0n) is 9.06. The van der Waals surface area contributed by atoms with Crippen LogP contribution in [0.5, 0.6) is 0 Å². The molecule has 0 saturated heterocycles. The van der Waals surface area contributed by atoms with E-state index in [1.54, 1.807) is 6.92 Å². The van der Waals surface area contributed by atoms with E-state index in [0.29, 0.717) is 0 Å². The molecule has 11 heavy (non-hydrogen) atoms. The largest absolute Gasteiger partial charge is 0.393 e. The monoisotopic (exact) mass is 159 g/mol. The lowest BCUT2D eigenvalue weighted by atomic mass is 9.98. The second-order valence-corrected chi connectivity index (χ2v) is 3.33. The first-order valence-corrected chi connectivity index (χ1v) is 4.68. The van der Waals surface area contributed by atoms with Crippen LogP contribution in [0.4, 0.5) is 0 Å². The predicted octanol–water partition coefficient (Wildman–Crippen LogP) is 2.97. The third kappa shape index (κ3) is 6.36. The van der Waals surface area contributed by atoms with Crippen LogP contribution >= 0.6 is 0 Å². The zero-order chi connectivity index (χ0) is 9.61. The van der Waals surface area contributed by atoms with Gasteiger partial charge in [0.2, 0.25) is 0 Å². The van der Waals surface area contributed by atoms with Crippen LogP contribution in [-0.2, 0) is 0 Å². The summed E-state index contributed by atoms with van der Waals surface area (Å²) in [5, 5.41) is 9.25. The van der Waals surface area contributed by atoms with Crippen LogP contribution in [0.15, 0.2) is 0 Å². The highest BCUT2D eigenvalue weighted by Gasteiger charge is 2.06. The van der Waals surface area contributed by atoms with Gasteiger partial charge in [0, 0.05) is 1.37 Å². The molecule has 2 atom stereocenters. The zero-order valence-corrected chi connectivity index (χ0v) is 8.06. The molecule has 0 spiro atoms. The molecule has 0 aliphatic rings.